The van der Waals surface area contributed by atoms with E-state index < -0.39 is 17.3 Å². The smallest absolute Gasteiger partial charge is 0.352 e. The van der Waals surface area contributed by atoms with Crippen LogP contribution in [0.4, 0.5) is 13.2 Å². The molecule has 1 amide bonds. The van der Waals surface area contributed by atoms with E-state index in [2.05, 4.69) is 17.2 Å². The molecule has 1 atom stereocenters. The van der Waals surface area contributed by atoms with Gasteiger partial charge in [0.25, 0.3) is 5.56 Å². The first-order valence-electron chi connectivity index (χ1n) is 13.2. The lowest BCUT2D eigenvalue weighted by Gasteiger charge is -2.59. The van der Waals surface area contributed by atoms with Gasteiger partial charge in [-0.1, -0.05) is 30.0 Å². The molecule has 200 valence electrons. The molecule has 38 heavy (non-hydrogen) atoms. The van der Waals surface area contributed by atoms with E-state index in [4.69, 9.17) is 0 Å². The number of aromatic nitrogens is 2. The van der Waals surface area contributed by atoms with E-state index in [1.54, 1.807) is 24.3 Å². The van der Waals surface area contributed by atoms with Crippen LogP contribution in [0.1, 0.15) is 51.0 Å². The SMILES string of the molecule is C[C@H](NC(=O)CSc1nc2ccccc2c(=O)n1-c1cccc(C(F)(F)F)c1)C12CC3CC(CC(C3)C1)C2. The molecule has 1 aromatic heterocycles. The third-order valence-corrected chi connectivity index (χ3v) is 9.83. The number of hydrogen-bond acceptors (Lipinski definition) is 4. The number of fused-ring (bicyclic) bond motifs is 1. The molecule has 9 heteroatoms. The number of thioether (sulfide) groups is 1. The highest BCUT2D eigenvalue weighted by molar-refractivity contribution is 7.99. The number of alkyl halides is 3. The summed E-state index contributed by atoms with van der Waals surface area (Å²) in [6.07, 6.45) is 2.96. The van der Waals surface area contributed by atoms with Gasteiger partial charge in [0, 0.05) is 6.04 Å². The normalized spacial score (nSPS) is 27.0. The van der Waals surface area contributed by atoms with Crippen molar-refractivity contribution in [3.63, 3.8) is 0 Å². The Balaban J connectivity index is 1.26. The van der Waals surface area contributed by atoms with Gasteiger partial charge in [-0.3, -0.25) is 14.2 Å². The summed E-state index contributed by atoms with van der Waals surface area (Å²) in [6, 6.07) is 11.4. The van der Waals surface area contributed by atoms with Gasteiger partial charge in [0.1, 0.15) is 0 Å². The molecule has 0 saturated heterocycles. The van der Waals surface area contributed by atoms with Crippen LogP contribution >= 0.6 is 11.8 Å². The first-order valence-corrected chi connectivity index (χ1v) is 14.2. The first-order chi connectivity index (χ1) is 18.1. The van der Waals surface area contributed by atoms with Crippen LogP contribution in [0.5, 0.6) is 0 Å². The highest BCUT2D eigenvalue weighted by Gasteiger charge is 2.53. The maximum absolute atomic E-state index is 13.4. The molecule has 1 N–H and O–H groups in total. The Bertz CT molecular complexity index is 1420. The summed E-state index contributed by atoms with van der Waals surface area (Å²) in [6.45, 7) is 2.11. The number of carbonyl (C=O) groups is 1. The van der Waals surface area contributed by atoms with Crippen molar-refractivity contribution >= 4 is 28.6 Å². The molecule has 2 aromatic carbocycles. The highest BCUT2D eigenvalue weighted by Crippen LogP contribution is 2.61. The minimum atomic E-state index is -4.55. The van der Waals surface area contributed by atoms with Crippen molar-refractivity contribution in [1.82, 2.24) is 14.9 Å². The average Bonchev–Trinajstić information content (AvgIpc) is 2.86. The number of rotatable bonds is 6. The van der Waals surface area contributed by atoms with Gasteiger partial charge in [-0.25, -0.2) is 4.98 Å². The van der Waals surface area contributed by atoms with Gasteiger partial charge in [-0.2, -0.15) is 13.2 Å². The zero-order valence-electron chi connectivity index (χ0n) is 21.1. The Morgan fingerprint density at radius 1 is 1.08 bits per heavy atom. The van der Waals surface area contributed by atoms with Gasteiger partial charge in [-0.05, 0) is 98.9 Å². The number of nitrogens with zero attached hydrogens (tertiary/aromatic N) is 2. The van der Waals surface area contributed by atoms with Crippen molar-refractivity contribution in [3.8, 4) is 5.69 Å². The molecular weight excluding hydrogens is 511 g/mol. The molecular formula is C29H30F3N3O2S. The summed E-state index contributed by atoms with van der Waals surface area (Å²) >= 11 is 1.07. The second-order valence-electron chi connectivity index (χ2n) is 11.5. The average molecular weight is 542 g/mol. The third kappa shape index (κ3) is 4.63. The highest BCUT2D eigenvalue weighted by atomic mass is 32.2. The lowest BCUT2D eigenvalue weighted by Crippen LogP contribution is -2.56. The van der Waals surface area contributed by atoms with Crippen molar-refractivity contribution in [3.05, 3.63) is 64.4 Å². The fourth-order valence-electron chi connectivity index (χ4n) is 7.53. The zero-order chi connectivity index (χ0) is 26.7. The number of amides is 1. The van der Waals surface area contributed by atoms with Crippen LogP contribution in [0.2, 0.25) is 0 Å². The number of para-hydroxylation sites is 1. The van der Waals surface area contributed by atoms with Gasteiger partial charge in [0.2, 0.25) is 5.91 Å². The summed E-state index contributed by atoms with van der Waals surface area (Å²) < 4.78 is 41.4. The molecule has 0 radical (unpaired) electrons. The molecule has 7 rings (SSSR count). The van der Waals surface area contributed by atoms with E-state index in [9.17, 15) is 22.8 Å². The maximum atomic E-state index is 13.4. The number of benzene rings is 2. The molecule has 4 fully saturated rings. The second kappa shape index (κ2) is 9.43. The Kier molecular flexibility index (Phi) is 6.32. The van der Waals surface area contributed by atoms with Gasteiger partial charge >= 0.3 is 6.18 Å². The summed E-state index contributed by atoms with van der Waals surface area (Å²) in [5, 5.41) is 3.71. The summed E-state index contributed by atoms with van der Waals surface area (Å²) in [5.41, 5.74) is -0.664. The van der Waals surface area contributed by atoms with E-state index in [0.717, 1.165) is 41.6 Å². The molecule has 3 aromatic rings. The Morgan fingerprint density at radius 3 is 2.39 bits per heavy atom. The van der Waals surface area contributed by atoms with Crippen molar-refractivity contribution in [2.45, 2.75) is 62.8 Å². The second-order valence-corrected chi connectivity index (χ2v) is 12.4. The molecule has 0 spiro atoms. The summed E-state index contributed by atoms with van der Waals surface area (Å²) in [7, 11) is 0. The Morgan fingerprint density at radius 2 is 1.74 bits per heavy atom. The van der Waals surface area contributed by atoms with Gasteiger partial charge in [0.15, 0.2) is 5.16 Å². The Labute approximate surface area is 223 Å². The van der Waals surface area contributed by atoms with Gasteiger partial charge in [0.05, 0.1) is 27.9 Å². The van der Waals surface area contributed by atoms with Gasteiger partial charge < -0.3 is 5.32 Å². The molecule has 0 unspecified atom stereocenters. The van der Waals surface area contributed by atoms with Crippen molar-refractivity contribution in [2.24, 2.45) is 23.2 Å². The molecule has 4 aliphatic carbocycles. The molecule has 0 aliphatic heterocycles. The van der Waals surface area contributed by atoms with Gasteiger partial charge in [-0.15, -0.1) is 0 Å². The number of hydrogen-bond donors (Lipinski definition) is 1. The molecule has 4 saturated carbocycles. The summed E-state index contributed by atoms with van der Waals surface area (Å²) in [4.78, 5) is 31.1. The van der Waals surface area contributed by atoms with E-state index in [-0.39, 0.29) is 34.0 Å². The fraction of sp³-hybridized carbons (Fsp3) is 0.483. The number of halogens is 3. The monoisotopic (exact) mass is 541 g/mol. The van der Waals surface area contributed by atoms with Crippen LogP contribution in [-0.2, 0) is 11.0 Å². The quantitative estimate of drug-likeness (QED) is 0.297. The van der Waals surface area contributed by atoms with Crippen LogP contribution in [0.25, 0.3) is 16.6 Å². The topological polar surface area (TPSA) is 64.0 Å². The fourth-order valence-corrected chi connectivity index (χ4v) is 8.36. The van der Waals surface area contributed by atoms with Crippen molar-refractivity contribution in [1.29, 1.82) is 0 Å². The predicted octanol–water partition coefficient (Wildman–Crippen LogP) is 6.22. The zero-order valence-corrected chi connectivity index (χ0v) is 21.9. The largest absolute Gasteiger partial charge is 0.416 e. The molecule has 4 bridgehead atoms. The Hall–Kier alpha value is -2.81. The lowest BCUT2D eigenvalue weighted by molar-refractivity contribution is -0.137. The lowest BCUT2D eigenvalue weighted by atomic mass is 9.48. The van der Waals surface area contributed by atoms with E-state index >= 15 is 0 Å². The maximum Gasteiger partial charge on any atom is 0.416 e. The van der Waals surface area contributed by atoms with E-state index in [1.807, 2.05) is 0 Å². The number of nitrogens with one attached hydrogen (secondary N) is 1. The van der Waals surface area contributed by atoms with E-state index in [0.29, 0.717) is 10.9 Å². The van der Waals surface area contributed by atoms with Crippen molar-refractivity contribution < 1.29 is 18.0 Å². The molecule has 5 nitrogen and oxygen atoms in total. The minimum Gasteiger partial charge on any atom is -0.352 e. The molecule has 1 heterocycles. The number of carbonyl (C=O) groups excluding carboxylic acids is 1. The third-order valence-electron chi connectivity index (χ3n) is 8.89. The summed E-state index contributed by atoms with van der Waals surface area (Å²) in [5.74, 6) is 2.19. The van der Waals surface area contributed by atoms with E-state index in [1.165, 1.54) is 55.2 Å². The minimum absolute atomic E-state index is 0.0143. The van der Waals surface area contributed by atoms with Crippen LogP contribution in [0.15, 0.2) is 58.5 Å². The predicted molar refractivity (Wildman–Crippen MR) is 141 cm³/mol. The van der Waals surface area contributed by atoms with Crippen LogP contribution in [-0.4, -0.2) is 27.3 Å². The standard InChI is InChI=1S/C29H30F3N3O2S/c1-17(28-13-18-9-19(14-28)11-20(10-18)15-28)33-25(36)16-38-27-34-24-8-3-2-7-23(24)26(37)35(27)22-6-4-5-21(12-22)29(30,31)32/h2-8,12,17-20H,9-11,13-16H2,1H3,(H,33,36)/t17-,18?,19?,20?,28?/m0/s1. The van der Waals surface area contributed by atoms with Crippen LogP contribution in [0.3, 0.4) is 0 Å². The van der Waals surface area contributed by atoms with Crippen molar-refractivity contribution in [2.75, 3.05) is 5.75 Å². The van der Waals surface area contributed by atoms with Crippen LogP contribution in [0, 0.1) is 23.2 Å². The first kappa shape index (κ1) is 25.5. The van der Waals surface area contributed by atoms with Crippen LogP contribution < -0.4 is 10.9 Å². The molecule has 4 aliphatic rings.